The molecule has 0 saturated heterocycles. The van der Waals surface area contributed by atoms with Crippen molar-refractivity contribution in [1.82, 2.24) is 4.57 Å². The zero-order chi connectivity index (χ0) is 17.4. The number of benzene rings is 2. The van der Waals surface area contributed by atoms with E-state index in [1.165, 1.54) is 11.3 Å². The molecule has 3 aromatic rings. The molecule has 0 radical (unpaired) electrons. The minimum Gasteiger partial charge on any atom is -0.497 e. The molecule has 0 unspecified atom stereocenters. The summed E-state index contributed by atoms with van der Waals surface area (Å²) in [7, 11) is 1.64. The van der Waals surface area contributed by atoms with Gasteiger partial charge in [0.05, 0.1) is 17.3 Å². The number of thiazole rings is 1. The molecule has 1 aromatic heterocycles. The van der Waals surface area contributed by atoms with Gasteiger partial charge in [-0.25, -0.2) is 0 Å². The lowest BCUT2D eigenvalue weighted by molar-refractivity contribution is 0.0997. The third-order valence-electron chi connectivity index (χ3n) is 4.02. The maximum Gasteiger partial charge on any atom is 0.279 e. The van der Waals surface area contributed by atoms with Crippen molar-refractivity contribution < 1.29 is 19.0 Å². The molecule has 0 bridgehead atoms. The fourth-order valence-electron chi connectivity index (χ4n) is 2.75. The van der Waals surface area contributed by atoms with Gasteiger partial charge in [-0.15, -0.1) is 0 Å². The first-order valence-corrected chi connectivity index (χ1v) is 8.67. The zero-order valence-electron chi connectivity index (χ0n) is 13.8. The lowest BCUT2D eigenvalue weighted by Crippen LogP contribution is -2.15. The number of carbonyl (C=O) groups excluding carboxylic acids is 1. The molecule has 0 N–H and O–H groups in total. The third kappa shape index (κ3) is 2.76. The van der Waals surface area contributed by atoms with Crippen LogP contribution in [0.15, 0.2) is 41.4 Å². The minimum absolute atomic E-state index is 0.179. The van der Waals surface area contributed by atoms with Crippen LogP contribution in [0.3, 0.4) is 0 Å². The number of methoxy groups -OCH3 is 1. The first-order chi connectivity index (χ1) is 12.2. The molecule has 0 atom stereocenters. The Morgan fingerprint density at radius 2 is 2.08 bits per heavy atom. The number of hydrogen-bond acceptors (Lipinski definition) is 5. The summed E-state index contributed by atoms with van der Waals surface area (Å²) in [6, 6.07) is 10.9. The summed E-state index contributed by atoms with van der Waals surface area (Å²) in [5.74, 6) is 1.70. The maximum atomic E-state index is 12.6. The lowest BCUT2D eigenvalue weighted by atomic mass is 10.2. The zero-order valence-corrected chi connectivity index (χ0v) is 14.6. The molecule has 2 heterocycles. The van der Waals surface area contributed by atoms with Gasteiger partial charge in [-0.3, -0.25) is 4.79 Å². The van der Waals surface area contributed by atoms with Crippen molar-refractivity contribution in [1.29, 1.82) is 0 Å². The van der Waals surface area contributed by atoms with Gasteiger partial charge in [-0.2, -0.15) is 4.99 Å². The third-order valence-corrected chi connectivity index (χ3v) is 5.06. The number of carbonyl (C=O) groups is 1. The normalized spacial score (nSPS) is 13.4. The fourth-order valence-corrected chi connectivity index (χ4v) is 3.87. The van der Waals surface area contributed by atoms with E-state index in [1.54, 1.807) is 25.3 Å². The standard InChI is InChI=1S/C18H16N2O4S/c1-3-20-13-6-5-12(22-2)9-16(13)25-18(20)19-17(21)11-4-7-14-15(8-11)24-10-23-14/h4-9H,3,10H2,1-2H3. The number of fused-ring (bicyclic) bond motifs is 2. The molecule has 6 nitrogen and oxygen atoms in total. The molecule has 0 saturated carbocycles. The summed E-state index contributed by atoms with van der Waals surface area (Å²) in [6.07, 6.45) is 0. The Morgan fingerprint density at radius 3 is 2.88 bits per heavy atom. The van der Waals surface area contributed by atoms with E-state index < -0.39 is 0 Å². The summed E-state index contributed by atoms with van der Waals surface area (Å²) >= 11 is 1.47. The summed E-state index contributed by atoms with van der Waals surface area (Å²) in [5, 5.41) is 0. The molecule has 0 fully saturated rings. The number of ether oxygens (including phenoxy) is 3. The molecule has 2 aromatic carbocycles. The molecule has 7 heteroatoms. The van der Waals surface area contributed by atoms with E-state index in [1.807, 2.05) is 29.7 Å². The van der Waals surface area contributed by atoms with Gasteiger partial charge in [0.15, 0.2) is 16.3 Å². The van der Waals surface area contributed by atoms with E-state index in [-0.39, 0.29) is 12.7 Å². The number of aryl methyl sites for hydroxylation is 1. The Morgan fingerprint density at radius 1 is 1.24 bits per heavy atom. The van der Waals surface area contributed by atoms with Crippen LogP contribution in [0.2, 0.25) is 0 Å². The van der Waals surface area contributed by atoms with Gasteiger partial charge >= 0.3 is 0 Å². The van der Waals surface area contributed by atoms with Gasteiger partial charge in [0, 0.05) is 12.1 Å². The van der Waals surface area contributed by atoms with Crippen LogP contribution in [0.1, 0.15) is 17.3 Å². The molecule has 0 aliphatic carbocycles. The molecular weight excluding hydrogens is 340 g/mol. The summed E-state index contributed by atoms with van der Waals surface area (Å²) in [6.45, 7) is 2.93. The van der Waals surface area contributed by atoms with Crippen LogP contribution >= 0.6 is 11.3 Å². The quantitative estimate of drug-likeness (QED) is 0.723. The van der Waals surface area contributed by atoms with E-state index >= 15 is 0 Å². The van der Waals surface area contributed by atoms with Crippen LogP contribution < -0.4 is 19.0 Å². The van der Waals surface area contributed by atoms with Crippen molar-refractivity contribution in [2.24, 2.45) is 4.99 Å². The smallest absolute Gasteiger partial charge is 0.279 e. The second kappa shape index (κ2) is 6.25. The molecule has 128 valence electrons. The van der Waals surface area contributed by atoms with Crippen LogP contribution in [0.25, 0.3) is 10.2 Å². The molecule has 0 spiro atoms. The van der Waals surface area contributed by atoms with Gasteiger partial charge in [-0.05, 0) is 43.3 Å². The Bertz CT molecular complexity index is 1040. The highest BCUT2D eigenvalue weighted by Gasteiger charge is 2.16. The van der Waals surface area contributed by atoms with Crippen molar-refractivity contribution >= 4 is 27.5 Å². The number of rotatable bonds is 3. The van der Waals surface area contributed by atoms with E-state index in [9.17, 15) is 4.79 Å². The summed E-state index contributed by atoms with van der Waals surface area (Å²) in [4.78, 5) is 17.6. The van der Waals surface area contributed by atoms with Crippen LogP contribution in [-0.2, 0) is 6.54 Å². The van der Waals surface area contributed by atoms with Gasteiger partial charge in [-0.1, -0.05) is 11.3 Å². The minimum atomic E-state index is -0.306. The maximum absolute atomic E-state index is 12.6. The Kier molecular flexibility index (Phi) is 3.93. The number of amides is 1. The van der Waals surface area contributed by atoms with E-state index in [0.717, 1.165) is 22.5 Å². The van der Waals surface area contributed by atoms with Crippen molar-refractivity contribution in [3.8, 4) is 17.2 Å². The average molecular weight is 356 g/mol. The predicted molar refractivity (Wildman–Crippen MR) is 94.5 cm³/mol. The first kappa shape index (κ1) is 15.7. The van der Waals surface area contributed by atoms with Gasteiger partial charge in [0.25, 0.3) is 5.91 Å². The molecular formula is C18H16N2O4S. The largest absolute Gasteiger partial charge is 0.497 e. The van der Waals surface area contributed by atoms with E-state index in [4.69, 9.17) is 14.2 Å². The van der Waals surface area contributed by atoms with Crippen molar-refractivity contribution in [2.45, 2.75) is 13.5 Å². The van der Waals surface area contributed by atoms with Gasteiger partial charge < -0.3 is 18.8 Å². The Hall–Kier alpha value is -2.80. The predicted octanol–water partition coefficient (Wildman–Crippen LogP) is 3.20. The molecule has 1 aliphatic rings. The highest BCUT2D eigenvalue weighted by Crippen LogP contribution is 2.32. The number of aromatic nitrogens is 1. The van der Waals surface area contributed by atoms with Crippen LogP contribution in [0.4, 0.5) is 0 Å². The molecule has 1 amide bonds. The second-order valence-corrected chi connectivity index (χ2v) is 6.46. The fraction of sp³-hybridized carbons (Fsp3) is 0.222. The van der Waals surface area contributed by atoms with Crippen molar-refractivity contribution in [3.05, 3.63) is 46.8 Å². The summed E-state index contributed by atoms with van der Waals surface area (Å²) in [5.41, 5.74) is 1.51. The highest BCUT2D eigenvalue weighted by atomic mass is 32.1. The van der Waals surface area contributed by atoms with Crippen LogP contribution in [0, 0.1) is 0 Å². The van der Waals surface area contributed by atoms with Gasteiger partial charge in [0.2, 0.25) is 6.79 Å². The van der Waals surface area contributed by atoms with E-state index in [2.05, 4.69) is 4.99 Å². The molecule has 25 heavy (non-hydrogen) atoms. The van der Waals surface area contributed by atoms with Crippen molar-refractivity contribution in [2.75, 3.05) is 13.9 Å². The Balaban J connectivity index is 1.78. The molecule has 4 rings (SSSR count). The highest BCUT2D eigenvalue weighted by molar-refractivity contribution is 7.16. The van der Waals surface area contributed by atoms with Crippen LogP contribution in [0.5, 0.6) is 17.2 Å². The second-order valence-electron chi connectivity index (χ2n) is 5.45. The molecule has 1 aliphatic heterocycles. The number of nitrogens with zero attached hydrogens (tertiary/aromatic N) is 2. The van der Waals surface area contributed by atoms with Gasteiger partial charge in [0.1, 0.15) is 5.75 Å². The summed E-state index contributed by atoms with van der Waals surface area (Å²) < 4.78 is 18.9. The first-order valence-electron chi connectivity index (χ1n) is 7.85. The van der Waals surface area contributed by atoms with E-state index in [0.29, 0.717) is 21.9 Å². The lowest BCUT2D eigenvalue weighted by Gasteiger charge is -2.02. The topological polar surface area (TPSA) is 62.1 Å². The van der Waals surface area contributed by atoms with Crippen molar-refractivity contribution in [3.63, 3.8) is 0 Å². The average Bonchev–Trinajstić information content (AvgIpc) is 3.23. The monoisotopic (exact) mass is 356 g/mol. The number of hydrogen-bond donors (Lipinski definition) is 0. The SMILES string of the molecule is CCn1c(=NC(=O)c2ccc3c(c2)OCO3)sc2cc(OC)ccc21. The van der Waals surface area contributed by atoms with Crippen LogP contribution in [-0.4, -0.2) is 24.4 Å². The Labute approximate surface area is 147 Å².